The van der Waals surface area contributed by atoms with Gasteiger partial charge in [-0.25, -0.2) is 4.57 Å². The molecule has 0 aliphatic rings. The number of esters is 1. The average Bonchev–Trinajstić information content (AvgIpc) is 3.13. The Bertz CT molecular complexity index is 1120. The molecule has 0 aromatic heterocycles. The van der Waals surface area contributed by atoms with Crippen molar-refractivity contribution in [3.63, 3.8) is 0 Å². The molecule has 304 valence electrons. The molecule has 3 atom stereocenters. The molecule has 0 bridgehead atoms. The van der Waals surface area contributed by atoms with Crippen molar-refractivity contribution in [3.05, 3.63) is 72.9 Å². The summed E-state index contributed by atoms with van der Waals surface area (Å²) in [6.07, 6.45) is 45.3. The van der Waals surface area contributed by atoms with E-state index in [-0.39, 0.29) is 13.0 Å². The Morgan fingerprint density at radius 1 is 0.604 bits per heavy atom. The third-order valence-corrected chi connectivity index (χ3v) is 8.93. The SMILES string of the molecule is CC/C=C\C/C=C\C/C=C\CCCCCCCCCCOCC(COP(=O)(O)OCC(N)C(=O)O)OC(=O)CCCCC/C=C\C/C=C\C/C=C\CC. The first kappa shape index (κ1) is 50.4. The van der Waals surface area contributed by atoms with E-state index in [1.807, 2.05) is 0 Å². The largest absolute Gasteiger partial charge is 0.480 e. The van der Waals surface area contributed by atoms with Gasteiger partial charge in [0.15, 0.2) is 0 Å². The Labute approximate surface area is 321 Å². The van der Waals surface area contributed by atoms with Crippen molar-refractivity contribution in [2.24, 2.45) is 5.73 Å². The Kier molecular flexibility index (Phi) is 35.9. The summed E-state index contributed by atoms with van der Waals surface area (Å²) in [6.45, 7) is 3.57. The van der Waals surface area contributed by atoms with E-state index in [1.54, 1.807) is 0 Å². The number of rotatable bonds is 37. The van der Waals surface area contributed by atoms with Crippen LogP contribution in [0.15, 0.2) is 72.9 Å². The zero-order valence-corrected chi connectivity index (χ0v) is 33.7. The highest BCUT2D eigenvalue weighted by Crippen LogP contribution is 2.43. The first-order valence-corrected chi connectivity index (χ1v) is 21.5. The van der Waals surface area contributed by atoms with Gasteiger partial charge < -0.3 is 25.2 Å². The Morgan fingerprint density at radius 3 is 1.55 bits per heavy atom. The van der Waals surface area contributed by atoms with Crippen molar-refractivity contribution in [1.29, 1.82) is 0 Å². The molecule has 0 aliphatic carbocycles. The number of ether oxygens (including phenoxy) is 2. The summed E-state index contributed by atoms with van der Waals surface area (Å²) in [5, 5.41) is 8.88. The van der Waals surface area contributed by atoms with E-state index >= 15 is 0 Å². The van der Waals surface area contributed by atoms with Gasteiger partial charge in [-0.3, -0.25) is 18.6 Å². The van der Waals surface area contributed by atoms with E-state index in [1.165, 1.54) is 32.1 Å². The highest BCUT2D eigenvalue weighted by molar-refractivity contribution is 7.47. The fourth-order valence-electron chi connectivity index (χ4n) is 4.92. The lowest BCUT2D eigenvalue weighted by Gasteiger charge is -2.20. The molecule has 0 amide bonds. The minimum Gasteiger partial charge on any atom is -0.480 e. The van der Waals surface area contributed by atoms with E-state index in [9.17, 15) is 19.0 Å². The fraction of sp³-hybridized carbons (Fsp3) is 0.667. The maximum Gasteiger partial charge on any atom is 0.472 e. The lowest BCUT2D eigenvalue weighted by molar-refractivity contribution is -0.154. The molecule has 53 heavy (non-hydrogen) atoms. The van der Waals surface area contributed by atoms with Crippen LogP contribution in [0.4, 0.5) is 0 Å². The van der Waals surface area contributed by atoms with Gasteiger partial charge in [-0.2, -0.15) is 0 Å². The summed E-state index contributed by atoms with van der Waals surface area (Å²) in [7, 11) is -4.63. The molecule has 0 fully saturated rings. The summed E-state index contributed by atoms with van der Waals surface area (Å²) < 4.78 is 33.2. The van der Waals surface area contributed by atoms with Gasteiger partial charge in [0.2, 0.25) is 0 Å². The number of carboxylic acid groups (broad SMARTS) is 1. The second kappa shape index (κ2) is 37.7. The number of nitrogens with two attached hydrogens (primary N) is 1. The monoisotopic (exact) mass is 765 g/mol. The first-order chi connectivity index (χ1) is 25.7. The molecule has 0 aromatic rings. The van der Waals surface area contributed by atoms with Crippen molar-refractivity contribution in [2.45, 2.75) is 154 Å². The molecule has 3 unspecified atom stereocenters. The van der Waals surface area contributed by atoms with Gasteiger partial charge in [0.25, 0.3) is 0 Å². The van der Waals surface area contributed by atoms with Crippen LogP contribution in [-0.2, 0) is 32.7 Å². The maximum atomic E-state index is 12.6. The minimum atomic E-state index is -4.63. The Hall–Kier alpha value is -2.59. The molecule has 0 saturated carbocycles. The smallest absolute Gasteiger partial charge is 0.472 e. The van der Waals surface area contributed by atoms with Crippen molar-refractivity contribution in [2.75, 3.05) is 26.4 Å². The van der Waals surface area contributed by atoms with Crippen molar-refractivity contribution < 1.29 is 42.7 Å². The number of unbranched alkanes of at least 4 members (excludes halogenated alkanes) is 11. The quantitative estimate of drug-likeness (QED) is 0.0241. The van der Waals surface area contributed by atoms with E-state index in [4.69, 9.17) is 29.4 Å². The van der Waals surface area contributed by atoms with Crippen LogP contribution in [0.3, 0.4) is 0 Å². The lowest BCUT2D eigenvalue weighted by atomic mass is 10.1. The van der Waals surface area contributed by atoms with Gasteiger partial charge in [-0.15, -0.1) is 0 Å². The second-order valence-electron chi connectivity index (χ2n) is 13.0. The van der Waals surface area contributed by atoms with E-state index < -0.39 is 45.1 Å². The molecule has 4 N–H and O–H groups in total. The van der Waals surface area contributed by atoms with Crippen LogP contribution in [0.25, 0.3) is 0 Å². The first-order valence-electron chi connectivity index (χ1n) is 20.0. The van der Waals surface area contributed by atoms with Gasteiger partial charge >= 0.3 is 19.8 Å². The zero-order valence-electron chi connectivity index (χ0n) is 32.8. The molecular weight excluding hydrogens is 693 g/mol. The number of aliphatic carboxylic acids is 1. The van der Waals surface area contributed by atoms with E-state index in [0.29, 0.717) is 13.0 Å². The van der Waals surface area contributed by atoms with Crippen LogP contribution in [0, 0.1) is 0 Å². The molecule has 0 spiro atoms. The van der Waals surface area contributed by atoms with Crippen LogP contribution in [0.5, 0.6) is 0 Å². The van der Waals surface area contributed by atoms with Crippen molar-refractivity contribution >= 4 is 19.8 Å². The van der Waals surface area contributed by atoms with Gasteiger partial charge in [-0.1, -0.05) is 132 Å². The molecule has 10 nitrogen and oxygen atoms in total. The van der Waals surface area contributed by atoms with Crippen LogP contribution in [0.2, 0.25) is 0 Å². The number of carbonyl (C=O) groups is 2. The summed E-state index contributed by atoms with van der Waals surface area (Å²) in [5.41, 5.74) is 5.34. The number of phosphoric acid groups is 1. The minimum absolute atomic E-state index is 0.00442. The highest BCUT2D eigenvalue weighted by Gasteiger charge is 2.27. The maximum absolute atomic E-state index is 12.6. The van der Waals surface area contributed by atoms with Gasteiger partial charge in [0.05, 0.1) is 19.8 Å². The van der Waals surface area contributed by atoms with Crippen molar-refractivity contribution in [3.8, 4) is 0 Å². The second-order valence-corrected chi connectivity index (χ2v) is 14.4. The number of hydrogen-bond acceptors (Lipinski definition) is 8. The summed E-state index contributed by atoms with van der Waals surface area (Å²) in [5.74, 6) is -1.82. The number of carboxylic acids is 1. The summed E-state index contributed by atoms with van der Waals surface area (Å²) in [6, 6.07) is -1.48. The fourth-order valence-corrected chi connectivity index (χ4v) is 5.70. The number of carbonyl (C=O) groups excluding carboxylic acids is 1. The standard InChI is InChI=1S/C42H72NO9P/c1-3-5-7-9-11-13-15-17-18-19-20-21-23-25-27-29-31-33-35-49-36-39(37-50-53(47,48)51-38-40(43)42(45)46)52-41(44)34-32-30-28-26-24-22-16-14-12-10-8-6-4-2/h5-8,11-14,17-18,22,24,39-40H,3-4,9-10,15-16,19-21,23,25-38,43H2,1-2H3,(H,45,46)(H,47,48)/b7-5-,8-6-,13-11-,14-12-,18-17-,24-22-. The average molecular weight is 766 g/mol. The highest BCUT2D eigenvalue weighted by atomic mass is 31.2. The molecule has 0 rings (SSSR count). The van der Waals surface area contributed by atoms with Crippen LogP contribution >= 0.6 is 7.82 Å². The molecule has 0 heterocycles. The van der Waals surface area contributed by atoms with Gasteiger partial charge in [-0.05, 0) is 77.0 Å². The third kappa shape index (κ3) is 37.5. The summed E-state index contributed by atoms with van der Waals surface area (Å²) in [4.78, 5) is 33.4. The third-order valence-electron chi connectivity index (χ3n) is 7.98. The number of phosphoric ester groups is 1. The van der Waals surface area contributed by atoms with Crippen molar-refractivity contribution in [1.82, 2.24) is 0 Å². The van der Waals surface area contributed by atoms with Crippen LogP contribution < -0.4 is 5.73 Å². The van der Waals surface area contributed by atoms with Gasteiger partial charge in [0, 0.05) is 13.0 Å². The van der Waals surface area contributed by atoms with E-state index in [2.05, 4.69) is 86.8 Å². The molecule has 0 radical (unpaired) electrons. The number of allylic oxidation sites excluding steroid dienone is 12. The van der Waals surface area contributed by atoms with E-state index in [0.717, 1.165) is 83.5 Å². The normalized spacial score (nSPS) is 14.8. The van der Waals surface area contributed by atoms with Crippen LogP contribution in [0.1, 0.15) is 142 Å². The molecule has 0 saturated heterocycles. The molecular formula is C42H72NO9P. The van der Waals surface area contributed by atoms with Gasteiger partial charge in [0.1, 0.15) is 12.1 Å². The number of hydrogen-bond donors (Lipinski definition) is 3. The molecule has 0 aromatic carbocycles. The molecule has 0 aliphatic heterocycles. The zero-order chi connectivity index (χ0) is 39.1. The van der Waals surface area contributed by atoms with Crippen LogP contribution in [-0.4, -0.2) is 60.5 Å². The Balaban J connectivity index is 4.32. The lowest BCUT2D eigenvalue weighted by Crippen LogP contribution is -2.34. The molecule has 11 heteroatoms. The Morgan fingerprint density at radius 2 is 1.04 bits per heavy atom. The predicted molar refractivity (Wildman–Crippen MR) is 217 cm³/mol. The summed E-state index contributed by atoms with van der Waals surface area (Å²) >= 11 is 0. The topological polar surface area (TPSA) is 155 Å². The predicted octanol–water partition coefficient (Wildman–Crippen LogP) is 10.6.